The molecule has 0 bridgehead atoms. The quantitative estimate of drug-likeness (QED) is 0.714. The van der Waals surface area contributed by atoms with E-state index in [-0.39, 0.29) is 6.04 Å². The summed E-state index contributed by atoms with van der Waals surface area (Å²) < 4.78 is 5.32. The molecule has 2 heterocycles. The zero-order valence-electron chi connectivity index (χ0n) is 7.04. The van der Waals surface area contributed by atoms with Crippen LogP contribution in [0.15, 0.2) is 0 Å². The van der Waals surface area contributed by atoms with E-state index in [0.717, 1.165) is 24.6 Å². The molecule has 0 spiro atoms. The maximum Gasteiger partial charge on any atom is 0.110 e. The third-order valence-electron chi connectivity index (χ3n) is 1.90. The van der Waals surface area contributed by atoms with Gasteiger partial charge < -0.3 is 10.5 Å². The van der Waals surface area contributed by atoms with Gasteiger partial charge in [-0.25, -0.2) is 4.98 Å². The summed E-state index contributed by atoms with van der Waals surface area (Å²) in [6.45, 7) is 3.49. The van der Waals surface area contributed by atoms with Crippen LogP contribution in [0, 0.1) is 0 Å². The molecule has 0 unspecified atom stereocenters. The fourth-order valence-electron chi connectivity index (χ4n) is 1.24. The number of aromatic nitrogens is 1. The van der Waals surface area contributed by atoms with E-state index in [0.29, 0.717) is 0 Å². The Kier molecular flexibility index (Phi) is 2.12. The predicted octanol–water partition coefficient (Wildman–Crippen LogP) is 1.24. The number of rotatable bonds is 1. The number of nitrogens with zero attached hydrogens (tertiary/aromatic N) is 1. The molecule has 3 nitrogen and oxygen atoms in total. The summed E-state index contributed by atoms with van der Waals surface area (Å²) >= 11 is 1.68. The third kappa shape index (κ3) is 1.37. The lowest BCUT2D eigenvalue weighted by Crippen LogP contribution is -2.08. The van der Waals surface area contributed by atoms with E-state index in [1.54, 1.807) is 11.3 Å². The topological polar surface area (TPSA) is 48.1 Å². The number of ether oxygens (including phenoxy) is 1. The number of hydrogen-bond donors (Lipinski definition) is 1. The monoisotopic (exact) mass is 184 g/mol. The Bertz CT molecular complexity index is 259. The first kappa shape index (κ1) is 8.16. The summed E-state index contributed by atoms with van der Waals surface area (Å²) in [5.74, 6) is 0. The molecular formula is C8H12N2OS. The molecule has 0 fully saturated rings. The molecule has 1 aromatic heterocycles. The zero-order chi connectivity index (χ0) is 8.55. The Morgan fingerprint density at radius 3 is 3.17 bits per heavy atom. The van der Waals surface area contributed by atoms with Crippen molar-refractivity contribution in [3.05, 3.63) is 15.6 Å². The van der Waals surface area contributed by atoms with Gasteiger partial charge in [0.15, 0.2) is 0 Å². The van der Waals surface area contributed by atoms with Crippen LogP contribution in [-0.4, -0.2) is 11.6 Å². The van der Waals surface area contributed by atoms with Gasteiger partial charge >= 0.3 is 0 Å². The maximum absolute atomic E-state index is 5.73. The second-order valence-electron chi connectivity index (χ2n) is 3.01. The van der Waals surface area contributed by atoms with Crippen molar-refractivity contribution in [1.29, 1.82) is 0 Å². The first-order valence-corrected chi connectivity index (χ1v) is 4.91. The van der Waals surface area contributed by atoms with Crippen molar-refractivity contribution in [1.82, 2.24) is 4.98 Å². The van der Waals surface area contributed by atoms with Crippen molar-refractivity contribution < 1.29 is 4.74 Å². The Hall–Kier alpha value is -0.450. The molecule has 1 aliphatic rings. The van der Waals surface area contributed by atoms with E-state index < -0.39 is 0 Å². The Morgan fingerprint density at radius 2 is 2.50 bits per heavy atom. The maximum atomic E-state index is 5.73. The van der Waals surface area contributed by atoms with Gasteiger partial charge in [-0.3, -0.25) is 0 Å². The highest BCUT2D eigenvalue weighted by Gasteiger charge is 2.16. The highest BCUT2D eigenvalue weighted by molar-refractivity contribution is 7.11. The number of hydrogen-bond acceptors (Lipinski definition) is 4. The molecule has 0 aromatic carbocycles. The summed E-state index contributed by atoms with van der Waals surface area (Å²) in [7, 11) is 0. The van der Waals surface area contributed by atoms with Gasteiger partial charge in [0.1, 0.15) is 5.01 Å². The fourth-order valence-corrected chi connectivity index (χ4v) is 2.24. The summed E-state index contributed by atoms with van der Waals surface area (Å²) in [5, 5.41) is 1.03. The van der Waals surface area contributed by atoms with Crippen molar-refractivity contribution in [2.45, 2.75) is 26.0 Å². The largest absolute Gasteiger partial charge is 0.375 e. The molecule has 0 saturated heterocycles. The Balaban J connectivity index is 2.32. The highest BCUT2D eigenvalue weighted by atomic mass is 32.1. The van der Waals surface area contributed by atoms with E-state index in [2.05, 4.69) is 4.98 Å². The summed E-state index contributed by atoms with van der Waals surface area (Å²) in [6.07, 6.45) is 0.943. The van der Waals surface area contributed by atoms with E-state index >= 15 is 0 Å². The lowest BCUT2D eigenvalue weighted by Gasteiger charge is -2.08. The molecule has 66 valence electrons. The van der Waals surface area contributed by atoms with E-state index in [4.69, 9.17) is 10.5 Å². The minimum atomic E-state index is 0.0561. The van der Waals surface area contributed by atoms with Crippen LogP contribution in [-0.2, 0) is 17.8 Å². The average Bonchev–Trinajstić information content (AvgIpc) is 2.46. The van der Waals surface area contributed by atoms with E-state index in [1.165, 1.54) is 10.6 Å². The molecule has 2 N–H and O–H groups in total. The van der Waals surface area contributed by atoms with Crippen LogP contribution in [0.3, 0.4) is 0 Å². The van der Waals surface area contributed by atoms with Crippen LogP contribution in [0.4, 0.5) is 0 Å². The van der Waals surface area contributed by atoms with Crippen LogP contribution in [0.1, 0.15) is 28.5 Å². The molecule has 4 heteroatoms. The molecule has 1 atom stereocenters. The van der Waals surface area contributed by atoms with Crippen LogP contribution >= 0.6 is 11.3 Å². The lowest BCUT2D eigenvalue weighted by molar-refractivity contribution is 0.112. The highest BCUT2D eigenvalue weighted by Crippen LogP contribution is 2.26. The summed E-state index contributed by atoms with van der Waals surface area (Å²) in [4.78, 5) is 5.72. The van der Waals surface area contributed by atoms with Gasteiger partial charge in [-0.1, -0.05) is 0 Å². The van der Waals surface area contributed by atoms with Crippen molar-refractivity contribution in [3.8, 4) is 0 Å². The average molecular weight is 184 g/mol. The minimum absolute atomic E-state index is 0.0561. The van der Waals surface area contributed by atoms with E-state index in [9.17, 15) is 0 Å². The molecule has 12 heavy (non-hydrogen) atoms. The van der Waals surface area contributed by atoms with Gasteiger partial charge in [0.25, 0.3) is 0 Å². The van der Waals surface area contributed by atoms with Gasteiger partial charge in [0.2, 0.25) is 0 Å². The van der Waals surface area contributed by atoms with Crippen molar-refractivity contribution in [2.75, 3.05) is 6.61 Å². The lowest BCUT2D eigenvalue weighted by atomic mass is 10.2. The first-order chi connectivity index (χ1) is 5.77. The molecule has 1 aromatic rings. The molecule has 1 aliphatic heterocycles. The van der Waals surface area contributed by atoms with Crippen LogP contribution in [0.25, 0.3) is 0 Å². The standard InChI is InChI=1S/C8H12N2OS/c1-5(9)8-10-6-2-3-11-4-7(6)12-8/h5H,2-4,9H2,1H3/t5-/m0/s1. The van der Waals surface area contributed by atoms with Gasteiger partial charge in [-0.05, 0) is 6.92 Å². The molecule has 0 amide bonds. The second kappa shape index (κ2) is 3.12. The van der Waals surface area contributed by atoms with Gasteiger partial charge in [0.05, 0.1) is 29.8 Å². The third-order valence-corrected chi connectivity index (χ3v) is 3.17. The number of nitrogens with two attached hydrogens (primary N) is 1. The molecule has 0 radical (unpaired) electrons. The van der Waals surface area contributed by atoms with Crippen LogP contribution in [0.2, 0.25) is 0 Å². The Labute approximate surface area is 75.6 Å². The second-order valence-corrected chi connectivity index (χ2v) is 4.13. The zero-order valence-corrected chi connectivity index (χ0v) is 7.86. The molecule has 0 aliphatic carbocycles. The van der Waals surface area contributed by atoms with Crippen molar-refractivity contribution >= 4 is 11.3 Å². The van der Waals surface area contributed by atoms with Gasteiger partial charge in [-0.2, -0.15) is 0 Å². The Morgan fingerprint density at radius 1 is 1.67 bits per heavy atom. The summed E-state index contributed by atoms with van der Waals surface area (Å²) in [5.41, 5.74) is 6.93. The fraction of sp³-hybridized carbons (Fsp3) is 0.625. The smallest absolute Gasteiger partial charge is 0.110 e. The molecule has 0 saturated carbocycles. The van der Waals surface area contributed by atoms with Gasteiger partial charge in [0, 0.05) is 6.42 Å². The molecular weight excluding hydrogens is 172 g/mol. The van der Waals surface area contributed by atoms with Gasteiger partial charge in [-0.15, -0.1) is 11.3 Å². The minimum Gasteiger partial charge on any atom is -0.375 e. The normalized spacial score (nSPS) is 18.8. The van der Waals surface area contributed by atoms with E-state index in [1.807, 2.05) is 6.92 Å². The predicted molar refractivity (Wildman–Crippen MR) is 48.1 cm³/mol. The first-order valence-electron chi connectivity index (χ1n) is 4.09. The summed E-state index contributed by atoms with van der Waals surface area (Å²) in [6, 6.07) is 0.0561. The van der Waals surface area contributed by atoms with Crippen LogP contribution in [0.5, 0.6) is 0 Å². The van der Waals surface area contributed by atoms with Crippen molar-refractivity contribution in [2.24, 2.45) is 5.73 Å². The molecule has 2 rings (SSSR count). The number of fused-ring (bicyclic) bond motifs is 1. The van der Waals surface area contributed by atoms with Crippen molar-refractivity contribution in [3.63, 3.8) is 0 Å². The SMILES string of the molecule is C[C@H](N)c1nc2c(s1)COCC2. The van der Waals surface area contributed by atoms with Crippen LogP contribution < -0.4 is 5.73 Å². The number of thiazole rings is 1.